The van der Waals surface area contributed by atoms with E-state index < -0.39 is 21.4 Å². The fourth-order valence-corrected chi connectivity index (χ4v) is 6.08. The van der Waals surface area contributed by atoms with Gasteiger partial charge in [-0.2, -0.15) is 8.70 Å². The van der Waals surface area contributed by atoms with Gasteiger partial charge in [0.1, 0.15) is 5.41 Å². The van der Waals surface area contributed by atoms with Gasteiger partial charge < -0.3 is 4.90 Å². The van der Waals surface area contributed by atoms with Crippen LogP contribution < -0.4 is 4.90 Å². The molecule has 0 unspecified atom stereocenters. The molecule has 0 bridgehead atoms. The number of pyridine rings is 2. The highest BCUT2D eigenvalue weighted by Crippen LogP contribution is 2.48. The minimum absolute atomic E-state index is 0.123. The van der Waals surface area contributed by atoms with Crippen LogP contribution in [0.15, 0.2) is 73.1 Å². The molecule has 1 saturated heterocycles. The number of para-hydroxylation sites is 1. The van der Waals surface area contributed by atoms with Crippen molar-refractivity contribution in [1.82, 2.24) is 14.3 Å². The number of halogens is 1. The highest BCUT2D eigenvalue weighted by Gasteiger charge is 2.60. The maximum atomic E-state index is 13.8. The molecule has 1 amide bonds. The first-order chi connectivity index (χ1) is 16.8. The van der Waals surface area contributed by atoms with Gasteiger partial charge in [-0.25, -0.2) is 13.4 Å². The van der Waals surface area contributed by atoms with Gasteiger partial charge in [0.2, 0.25) is 21.9 Å². The molecule has 2 aromatic heterocycles. The zero-order valence-electron chi connectivity index (χ0n) is 18.8. The first kappa shape index (κ1) is 21.8. The molecule has 0 aliphatic carbocycles. The SMILES string of the molecule is CS(=O)(=O)N1CC2(C1)C(=O)N(Cc1ncc3ccccc3c1-c1ccc(F)nc1)c1ccccc12. The van der Waals surface area contributed by atoms with E-state index in [1.54, 1.807) is 17.2 Å². The van der Waals surface area contributed by atoms with Gasteiger partial charge in [0.05, 0.1) is 18.5 Å². The Hall–Kier alpha value is -3.69. The Bertz CT molecular complexity index is 1600. The Kier molecular flexibility index (Phi) is 4.77. The number of hydrogen-bond acceptors (Lipinski definition) is 5. The number of carbonyl (C=O) groups excluding carboxylic acids is 1. The van der Waals surface area contributed by atoms with Gasteiger partial charge in [-0.3, -0.25) is 9.78 Å². The van der Waals surface area contributed by atoms with Crippen molar-refractivity contribution in [1.29, 1.82) is 0 Å². The number of carbonyl (C=O) groups is 1. The van der Waals surface area contributed by atoms with Gasteiger partial charge >= 0.3 is 0 Å². The standard InChI is InChI=1S/C26H21FN4O3S/c1-35(33,34)30-15-26(16-30)20-8-4-5-9-22(20)31(25(26)32)14-21-24(18-10-11-23(27)29-13-18)19-7-3-2-6-17(19)12-28-21/h2-13H,14-16H2,1H3. The molecule has 35 heavy (non-hydrogen) atoms. The lowest BCUT2D eigenvalue weighted by Crippen LogP contribution is -2.64. The number of anilines is 1. The second-order valence-electron chi connectivity index (χ2n) is 9.06. The minimum Gasteiger partial charge on any atom is -0.305 e. The number of rotatable bonds is 4. The van der Waals surface area contributed by atoms with Gasteiger partial charge in [0.25, 0.3) is 0 Å². The van der Waals surface area contributed by atoms with Crippen molar-refractivity contribution in [3.8, 4) is 11.1 Å². The quantitative estimate of drug-likeness (QED) is 0.411. The minimum atomic E-state index is -3.39. The molecule has 2 aliphatic heterocycles. The molecule has 6 rings (SSSR count). The van der Waals surface area contributed by atoms with E-state index >= 15 is 0 Å². The van der Waals surface area contributed by atoms with E-state index in [2.05, 4.69) is 4.98 Å². The highest BCUT2D eigenvalue weighted by atomic mass is 32.2. The zero-order chi connectivity index (χ0) is 24.4. The van der Waals surface area contributed by atoms with Crippen LogP contribution in [0.4, 0.5) is 10.1 Å². The van der Waals surface area contributed by atoms with Crippen LogP contribution in [0.3, 0.4) is 0 Å². The molecule has 0 saturated carbocycles. The third kappa shape index (κ3) is 3.34. The average molecular weight is 489 g/mol. The van der Waals surface area contributed by atoms with Crippen molar-refractivity contribution in [2.75, 3.05) is 24.2 Å². The largest absolute Gasteiger partial charge is 0.305 e. The summed E-state index contributed by atoms with van der Waals surface area (Å²) in [6.07, 6.45) is 4.40. The van der Waals surface area contributed by atoms with E-state index in [9.17, 15) is 17.6 Å². The fraction of sp³-hybridized carbons (Fsp3) is 0.192. The Morgan fingerprint density at radius 2 is 1.71 bits per heavy atom. The molecule has 176 valence electrons. The van der Waals surface area contributed by atoms with E-state index in [1.807, 2.05) is 48.5 Å². The lowest BCUT2D eigenvalue weighted by atomic mass is 9.76. The van der Waals surface area contributed by atoms with Crippen molar-refractivity contribution in [2.24, 2.45) is 0 Å². The van der Waals surface area contributed by atoms with Crippen molar-refractivity contribution in [2.45, 2.75) is 12.0 Å². The first-order valence-corrected chi connectivity index (χ1v) is 13.0. The molecule has 0 N–H and O–H groups in total. The number of hydrogen-bond donors (Lipinski definition) is 0. The number of amides is 1. The third-order valence-electron chi connectivity index (χ3n) is 6.93. The molecule has 1 fully saturated rings. The predicted octanol–water partition coefficient (Wildman–Crippen LogP) is 3.50. The number of sulfonamides is 1. The molecule has 0 atom stereocenters. The molecule has 4 heterocycles. The maximum Gasteiger partial charge on any atom is 0.240 e. The Morgan fingerprint density at radius 1 is 0.971 bits per heavy atom. The van der Waals surface area contributed by atoms with Crippen molar-refractivity contribution < 1.29 is 17.6 Å². The molecule has 2 aliphatic rings. The van der Waals surface area contributed by atoms with Crippen LogP contribution in [0.1, 0.15) is 11.3 Å². The van der Waals surface area contributed by atoms with Crippen LogP contribution in [-0.2, 0) is 26.8 Å². The third-order valence-corrected chi connectivity index (χ3v) is 8.12. The van der Waals surface area contributed by atoms with Gasteiger partial charge in [-0.15, -0.1) is 0 Å². The average Bonchev–Trinajstić information content (AvgIpc) is 3.06. The number of nitrogens with zero attached hydrogens (tertiary/aromatic N) is 4. The lowest BCUT2D eigenvalue weighted by molar-refractivity contribution is -0.127. The monoisotopic (exact) mass is 488 g/mol. The topological polar surface area (TPSA) is 83.5 Å². The Balaban J connectivity index is 1.46. The van der Waals surface area contributed by atoms with E-state index in [1.165, 1.54) is 16.6 Å². The van der Waals surface area contributed by atoms with Gasteiger partial charge in [-0.1, -0.05) is 42.5 Å². The summed E-state index contributed by atoms with van der Waals surface area (Å²) in [7, 11) is -3.39. The van der Waals surface area contributed by atoms with Crippen LogP contribution in [0.5, 0.6) is 0 Å². The van der Waals surface area contributed by atoms with Gasteiger partial charge in [0.15, 0.2) is 0 Å². The molecule has 4 aromatic rings. The highest BCUT2D eigenvalue weighted by molar-refractivity contribution is 7.88. The second kappa shape index (κ2) is 7.66. The normalized spacial score (nSPS) is 17.1. The summed E-state index contributed by atoms with van der Waals surface area (Å²) in [4.78, 5) is 24.0. The number of aromatic nitrogens is 2. The van der Waals surface area contributed by atoms with E-state index in [0.29, 0.717) is 11.3 Å². The summed E-state index contributed by atoms with van der Waals surface area (Å²) in [5.74, 6) is -0.716. The van der Waals surface area contributed by atoms with Crippen LogP contribution in [0, 0.1) is 5.95 Å². The van der Waals surface area contributed by atoms with Crippen molar-refractivity contribution in [3.05, 3.63) is 90.3 Å². The predicted molar refractivity (Wildman–Crippen MR) is 131 cm³/mol. The Morgan fingerprint density at radius 3 is 2.46 bits per heavy atom. The Labute approximate surface area is 201 Å². The van der Waals surface area contributed by atoms with E-state index in [-0.39, 0.29) is 25.5 Å². The summed E-state index contributed by atoms with van der Waals surface area (Å²) in [5.41, 5.74) is 2.82. The molecular weight excluding hydrogens is 467 g/mol. The molecule has 9 heteroatoms. The number of benzene rings is 2. The second-order valence-corrected chi connectivity index (χ2v) is 11.0. The van der Waals surface area contributed by atoms with Crippen LogP contribution in [-0.4, -0.2) is 47.9 Å². The van der Waals surface area contributed by atoms with Crippen LogP contribution in [0.2, 0.25) is 0 Å². The summed E-state index contributed by atoms with van der Waals surface area (Å²) in [6.45, 7) is 0.435. The van der Waals surface area contributed by atoms with Crippen molar-refractivity contribution >= 4 is 32.4 Å². The van der Waals surface area contributed by atoms with Gasteiger partial charge in [0, 0.05) is 47.7 Å². The van der Waals surface area contributed by atoms with Crippen molar-refractivity contribution in [3.63, 3.8) is 0 Å². The smallest absolute Gasteiger partial charge is 0.240 e. The molecular formula is C26H21FN4O3S. The molecule has 2 aromatic carbocycles. The summed E-state index contributed by atoms with van der Waals surface area (Å²) >= 11 is 0. The summed E-state index contributed by atoms with van der Waals surface area (Å²) in [6, 6.07) is 18.2. The molecule has 1 spiro atoms. The van der Waals surface area contributed by atoms with Crippen LogP contribution in [0.25, 0.3) is 21.9 Å². The summed E-state index contributed by atoms with van der Waals surface area (Å²) in [5, 5.41) is 1.84. The lowest BCUT2D eigenvalue weighted by Gasteiger charge is -2.45. The number of fused-ring (bicyclic) bond motifs is 3. The van der Waals surface area contributed by atoms with E-state index in [0.717, 1.165) is 33.8 Å². The van der Waals surface area contributed by atoms with E-state index in [4.69, 9.17) is 4.98 Å². The molecule has 0 radical (unpaired) electrons. The fourth-order valence-electron chi connectivity index (χ4n) is 5.17. The van der Waals surface area contributed by atoms with Gasteiger partial charge in [-0.05, 0) is 29.1 Å². The first-order valence-electron chi connectivity index (χ1n) is 11.1. The van der Waals surface area contributed by atoms with Crippen LogP contribution >= 0.6 is 0 Å². The summed E-state index contributed by atoms with van der Waals surface area (Å²) < 4.78 is 39.0. The maximum absolute atomic E-state index is 13.8. The molecule has 7 nitrogen and oxygen atoms in total. The zero-order valence-corrected chi connectivity index (χ0v) is 19.7.